The smallest absolute Gasteiger partial charge is 0.406 e. The van der Waals surface area contributed by atoms with Crippen LogP contribution in [0.2, 0.25) is 0 Å². The molecular weight excluding hydrogens is 255 g/mol. The molecule has 1 heterocycles. The summed E-state index contributed by atoms with van der Waals surface area (Å²) in [5.41, 5.74) is 0.899. The molecule has 0 amide bonds. The van der Waals surface area contributed by atoms with Crippen molar-refractivity contribution in [1.82, 2.24) is 5.32 Å². The highest BCUT2D eigenvalue weighted by atomic mass is 19.4. The van der Waals surface area contributed by atoms with E-state index in [1.807, 2.05) is 6.07 Å². The number of hydrogen-bond donors (Lipinski definition) is 1. The number of benzene rings is 1. The average molecular weight is 273 g/mol. The van der Waals surface area contributed by atoms with E-state index < -0.39 is 6.36 Å². The van der Waals surface area contributed by atoms with E-state index in [4.69, 9.17) is 0 Å². The van der Waals surface area contributed by atoms with Crippen molar-refractivity contribution in [3.8, 4) is 5.75 Å². The fourth-order valence-corrected chi connectivity index (χ4v) is 2.47. The second-order valence-electron chi connectivity index (χ2n) is 4.97. The SMILES string of the molecule is FC(F)(F)Oc1cccc(C[C@H]2CCCCNC2)c1. The largest absolute Gasteiger partial charge is 0.573 e. The van der Waals surface area contributed by atoms with Crippen LogP contribution in [0.3, 0.4) is 0 Å². The molecule has 1 atom stereocenters. The molecule has 1 N–H and O–H groups in total. The van der Waals surface area contributed by atoms with Gasteiger partial charge in [0.05, 0.1) is 0 Å². The van der Waals surface area contributed by atoms with Crippen LogP contribution in [0.1, 0.15) is 24.8 Å². The first-order valence-electron chi connectivity index (χ1n) is 6.58. The molecule has 0 aromatic heterocycles. The molecule has 1 aromatic carbocycles. The molecule has 106 valence electrons. The van der Waals surface area contributed by atoms with Gasteiger partial charge >= 0.3 is 6.36 Å². The van der Waals surface area contributed by atoms with E-state index in [2.05, 4.69) is 10.1 Å². The van der Waals surface area contributed by atoms with Crippen molar-refractivity contribution in [2.75, 3.05) is 13.1 Å². The predicted molar refractivity (Wildman–Crippen MR) is 67.0 cm³/mol. The van der Waals surface area contributed by atoms with Gasteiger partial charge in [0.15, 0.2) is 0 Å². The molecule has 0 saturated carbocycles. The first-order valence-corrected chi connectivity index (χ1v) is 6.58. The molecule has 0 spiro atoms. The third-order valence-electron chi connectivity index (χ3n) is 3.31. The third kappa shape index (κ3) is 5.11. The first kappa shape index (κ1) is 14.2. The van der Waals surface area contributed by atoms with Crippen molar-refractivity contribution in [3.63, 3.8) is 0 Å². The third-order valence-corrected chi connectivity index (χ3v) is 3.31. The number of halogens is 3. The molecule has 1 fully saturated rings. The van der Waals surface area contributed by atoms with Crippen LogP contribution in [-0.4, -0.2) is 19.5 Å². The van der Waals surface area contributed by atoms with Crippen LogP contribution >= 0.6 is 0 Å². The lowest BCUT2D eigenvalue weighted by molar-refractivity contribution is -0.274. The highest BCUT2D eigenvalue weighted by molar-refractivity contribution is 5.29. The molecule has 1 aliphatic rings. The van der Waals surface area contributed by atoms with Gasteiger partial charge in [0.1, 0.15) is 5.75 Å². The van der Waals surface area contributed by atoms with E-state index in [1.54, 1.807) is 6.07 Å². The van der Waals surface area contributed by atoms with Crippen molar-refractivity contribution in [3.05, 3.63) is 29.8 Å². The van der Waals surface area contributed by atoms with Crippen LogP contribution in [-0.2, 0) is 6.42 Å². The monoisotopic (exact) mass is 273 g/mol. The summed E-state index contributed by atoms with van der Waals surface area (Å²) in [5.74, 6) is 0.357. The van der Waals surface area contributed by atoms with E-state index in [0.717, 1.165) is 31.5 Å². The molecule has 5 heteroatoms. The van der Waals surface area contributed by atoms with Crippen LogP contribution in [0.4, 0.5) is 13.2 Å². The van der Waals surface area contributed by atoms with Gasteiger partial charge in [-0.1, -0.05) is 18.6 Å². The Morgan fingerprint density at radius 2 is 2.11 bits per heavy atom. The maximum Gasteiger partial charge on any atom is 0.573 e. The van der Waals surface area contributed by atoms with E-state index in [0.29, 0.717) is 5.92 Å². The molecule has 0 radical (unpaired) electrons. The van der Waals surface area contributed by atoms with Gasteiger partial charge in [-0.3, -0.25) is 0 Å². The Morgan fingerprint density at radius 3 is 2.89 bits per heavy atom. The summed E-state index contributed by atoms with van der Waals surface area (Å²) < 4.78 is 40.4. The minimum Gasteiger partial charge on any atom is -0.406 e. The summed E-state index contributed by atoms with van der Waals surface area (Å²) in [5, 5.41) is 3.36. The van der Waals surface area contributed by atoms with Crippen molar-refractivity contribution in [2.45, 2.75) is 32.0 Å². The lowest BCUT2D eigenvalue weighted by Gasteiger charge is -2.15. The average Bonchev–Trinajstić information content (AvgIpc) is 2.56. The van der Waals surface area contributed by atoms with Crippen molar-refractivity contribution < 1.29 is 17.9 Å². The molecule has 0 aliphatic carbocycles. The van der Waals surface area contributed by atoms with E-state index in [-0.39, 0.29) is 5.75 Å². The van der Waals surface area contributed by atoms with Gasteiger partial charge in [-0.2, -0.15) is 0 Å². The number of ether oxygens (including phenoxy) is 1. The molecule has 1 saturated heterocycles. The number of alkyl halides is 3. The van der Waals surface area contributed by atoms with Crippen molar-refractivity contribution in [1.29, 1.82) is 0 Å². The standard InChI is InChI=1S/C14H18F3NO/c15-14(16,17)19-13-6-3-5-11(9-13)8-12-4-1-2-7-18-10-12/h3,5-6,9,12,18H,1-2,4,7-8,10H2/t12-/m1/s1. The second-order valence-corrected chi connectivity index (χ2v) is 4.97. The van der Waals surface area contributed by atoms with Gasteiger partial charge in [0, 0.05) is 0 Å². The lowest BCUT2D eigenvalue weighted by Crippen LogP contribution is -2.22. The summed E-state index contributed by atoms with van der Waals surface area (Å²) in [4.78, 5) is 0. The molecule has 1 aliphatic heterocycles. The fraction of sp³-hybridized carbons (Fsp3) is 0.571. The summed E-state index contributed by atoms with van der Waals surface area (Å²) in [6.45, 7) is 1.97. The zero-order chi connectivity index (χ0) is 13.7. The van der Waals surface area contributed by atoms with Crippen LogP contribution in [0.15, 0.2) is 24.3 Å². The zero-order valence-corrected chi connectivity index (χ0v) is 10.7. The maximum absolute atomic E-state index is 12.2. The predicted octanol–water partition coefficient (Wildman–Crippen LogP) is 3.52. The first-order chi connectivity index (χ1) is 9.03. The summed E-state index contributed by atoms with van der Waals surface area (Å²) in [6.07, 6.45) is -0.355. The number of rotatable bonds is 3. The number of nitrogens with one attached hydrogen (secondary N) is 1. The fourth-order valence-electron chi connectivity index (χ4n) is 2.47. The van der Waals surface area contributed by atoms with Gasteiger partial charge in [-0.25, -0.2) is 0 Å². The molecule has 2 nitrogen and oxygen atoms in total. The van der Waals surface area contributed by atoms with E-state index in [9.17, 15) is 13.2 Å². The lowest BCUT2D eigenvalue weighted by atomic mass is 9.95. The van der Waals surface area contributed by atoms with Gasteiger partial charge in [0.25, 0.3) is 0 Å². The molecule has 1 aromatic rings. The Bertz CT molecular complexity index is 398. The maximum atomic E-state index is 12.2. The normalized spacial score (nSPS) is 20.9. The van der Waals surface area contributed by atoms with E-state index >= 15 is 0 Å². The van der Waals surface area contributed by atoms with Crippen molar-refractivity contribution >= 4 is 0 Å². The van der Waals surface area contributed by atoms with Crippen molar-refractivity contribution in [2.24, 2.45) is 5.92 Å². The molecule has 0 bridgehead atoms. The summed E-state index contributed by atoms with van der Waals surface area (Å²) >= 11 is 0. The van der Waals surface area contributed by atoms with E-state index in [1.165, 1.54) is 25.0 Å². The highest BCUT2D eigenvalue weighted by Crippen LogP contribution is 2.25. The minimum absolute atomic E-state index is 0.133. The topological polar surface area (TPSA) is 21.3 Å². The molecule has 2 rings (SSSR count). The Hall–Kier alpha value is -1.23. The highest BCUT2D eigenvalue weighted by Gasteiger charge is 2.31. The van der Waals surface area contributed by atoms with Crippen LogP contribution in [0, 0.1) is 5.92 Å². The van der Waals surface area contributed by atoms with Gasteiger partial charge in [0.2, 0.25) is 0 Å². The Morgan fingerprint density at radius 1 is 1.26 bits per heavy atom. The van der Waals surface area contributed by atoms with Gasteiger partial charge in [-0.05, 0) is 56.0 Å². The van der Waals surface area contributed by atoms with Crippen LogP contribution < -0.4 is 10.1 Å². The molecule has 19 heavy (non-hydrogen) atoms. The second kappa shape index (κ2) is 6.28. The summed E-state index contributed by atoms with van der Waals surface area (Å²) in [6, 6.07) is 6.29. The zero-order valence-electron chi connectivity index (χ0n) is 10.7. The molecule has 0 unspecified atom stereocenters. The Balaban J connectivity index is 1.98. The number of hydrogen-bond acceptors (Lipinski definition) is 2. The van der Waals surface area contributed by atoms with Crippen LogP contribution in [0.5, 0.6) is 5.75 Å². The van der Waals surface area contributed by atoms with Crippen LogP contribution in [0.25, 0.3) is 0 Å². The van der Waals surface area contributed by atoms with Gasteiger partial charge < -0.3 is 10.1 Å². The minimum atomic E-state index is -4.62. The summed E-state index contributed by atoms with van der Waals surface area (Å²) in [7, 11) is 0. The van der Waals surface area contributed by atoms with Gasteiger partial charge in [-0.15, -0.1) is 13.2 Å². The Kier molecular flexibility index (Phi) is 4.69. The Labute approximate surface area is 111 Å². The molecular formula is C14H18F3NO. The quantitative estimate of drug-likeness (QED) is 0.909.